The lowest BCUT2D eigenvalue weighted by Crippen LogP contribution is -2.31. The number of benzene rings is 2. The average molecular weight is 348 g/mol. The second kappa shape index (κ2) is 8.00. The van der Waals surface area contributed by atoms with Crippen LogP contribution in [0.1, 0.15) is 30.4 Å². The molecule has 0 unspecified atom stereocenters. The second-order valence-corrected chi connectivity index (χ2v) is 6.41. The van der Waals surface area contributed by atoms with Gasteiger partial charge in [0.2, 0.25) is 5.91 Å². The highest BCUT2D eigenvalue weighted by Gasteiger charge is 2.17. The molecule has 0 atom stereocenters. The lowest BCUT2D eigenvalue weighted by atomic mass is 10.1. The molecule has 0 saturated heterocycles. The quantitative estimate of drug-likeness (QED) is 0.633. The highest BCUT2D eigenvalue weighted by molar-refractivity contribution is 5.94. The SMILES string of the molecule is CCN(C(=O)CCc1ncc(-c2ccccc2)o1)c1cc(C)ccc1C. The normalized spacial score (nSPS) is 10.7. The third kappa shape index (κ3) is 4.02. The van der Waals surface area contributed by atoms with Crippen LogP contribution >= 0.6 is 0 Å². The predicted octanol–water partition coefficient (Wildman–Crippen LogP) is 4.94. The third-order valence-corrected chi connectivity index (χ3v) is 4.44. The Kier molecular flexibility index (Phi) is 5.52. The largest absolute Gasteiger partial charge is 0.441 e. The molecule has 3 rings (SSSR count). The minimum atomic E-state index is 0.0839. The van der Waals surface area contributed by atoms with Gasteiger partial charge >= 0.3 is 0 Å². The van der Waals surface area contributed by atoms with Crippen LogP contribution in [0.5, 0.6) is 0 Å². The number of carbonyl (C=O) groups is 1. The fourth-order valence-corrected chi connectivity index (χ4v) is 3.00. The van der Waals surface area contributed by atoms with E-state index in [-0.39, 0.29) is 5.91 Å². The highest BCUT2D eigenvalue weighted by atomic mass is 16.4. The summed E-state index contributed by atoms with van der Waals surface area (Å²) in [6, 6.07) is 16.0. The zero-order valence-electron chi connectivity index (χ0n) is 15.5. The fourth-order valence-electron chi connectivity index (χ4n) is 3.00. The van der Waals surface area contributed by atoms with Gasteiger partial charge in [0.25, 0.3) is 0 Å². The number of rotatable bonds is 6. The van der Waals surface area contributed by atoms with Crippen molar-refractivity contribution in [3.63, 3.8) is 0 Å². The number of hydrogen-bond donors (Lipinski definition) is 0. The maximum Gasteiger partial charge on any atom is 0.227 e. The molecular formula is C22H24N2O2. The third-order valence-electron chi connectivity index (χ3n) is 4.44. The van der Waals surface area contributed by atoms with E-state index in [1.165, 1.54) is 0 Å². The van der Waals surface area contributed by atoms with Gasteiger partial charge in [-0.2, -0.15) is 0 Å². The van der Waals surface area contributed by atoms with Crippen LogP contribution in [0.15, 0.2) is 59.1 Å². The van der Waals surface area contributed by atoms with E-state index in [2.05, 4.69) is 23.2 Å². The molecule has 26 heavy (non-hydrogen) atoms. The molecule has 0 spiro atoms. The number of aryl methyl sites for hydroxylation is 3. The van der Waals surface area contributed by atoms with Crippen LogP contribution in [0, 0.1) is 13.8 Å². The van der Waals surface area contributed by atoms with Crippen LogP contribution in [0.2, 0.25) is 0 Å². The molecular weight excluding hydrogens is 324 g/mol. The molecule has 0 aliphatic rings. The van der Waals surface area contributed by atoms with Crippen molar-refractivity contribution >= 4 is 11.6 Å². The molecule has 3 aromatic rings. The van der Waals surface area contributed by atoms with Gasteiger partial charge in [-0.1, -0.05) is 42.5 Å². The van der Waals surface area contributed by atoms with Gasteiger partial charge in [-0.05, 0) is 38.0 Å². The molecule has 4 nitrogen and oxygen atoms in total. The summed E-state index contributed by atoms with van der Waals surface area (Å²) < 4.78 is 5.80. The number of carbonyl (C=O) groups excluding carboxylic acids is 1. The van der Waals surface area contributed by atoms with E-state index in [0.717, 1.165) is 28.1 Å². The zero-order chi connectivity index (χ0) is 18.5. The Morgan fingerprint density at radius 3 is 2.62 bits per heavy atom. The number of nitrogens with zero attached hydrogens (tertiary/aromatic N) is 2. The maximum absolute atomic E-state index is 12.7. The Hall–Kier alpha value is -2.88. The molecule has 0 N–H and O–H groups in total. The van der Waals surface area contributed by atoms with E-state index < -0.39 is 0 Å². The van der Waals surface area contributed by atoms with Gasteiger partial charge in [0.1, 0.15) is 0 Å². The van der Waals surface area contributed by atoms with E-state index in [1.54, 1.807) is 6.20 Å². The smallest absolute Gasteiger partial charge is 0.227 e. The van der Waals surface area contributed by atoms with Gasteiger partial charge in [-0.25, -0.2) is 4.98 Å². The molecule has 1 amide bonds. The molecule has 0 bridgehead atoms. The van der Waals surface area contributed by atoms with E-state index in [9.17, 15) is 4.79 Å². The lowest BCUT2D eigenvalue weighted by Gasteiger charge is -2.23. The van der Waals surface area contributed by atoms with Crippen LogP contribution in [0.4, 0.5) is 5.69 Å². The summed E-state index contributed by atoms with van der Waals surface area (Å²) in [6.45, 7) is 6.71. The first-order chi connectivity index (χ1) is 12.6. The minimum absolute atomic E-state index is 0.0839. The van der Waals surface area contributed by atoms with Gasteiger partial charge in [0, 0.05) is 30.6 Å². The van der Waals surface area contributed by atoms with Crippen molar-refractivity contribution in [1.82, 2.24) is 4.98 Å². The molecule has 0 saturated carbocycles. The molecule has 4 heteroatoms. The van der Waals surface area contributed by atoms with Crippen molar-refractivity contribution in [2.45, 2.75) is 33.6 Å². The maximum atomic E-state index is 12.7. The Morgan fingerprint density at radius 2 is 1.88 bits per heavy atom. The summed E-state index contributed by atoms with van der Waals surface area (Å²) in [5, 5.41) is 0. The van der Waals surface area contributed by atoms with E-state index in [1.807, 2.05) is 56.0 Å². The Bertz CT molecular complexity index is 884. The second-order valence-electron chi connectivity index (χ2n) is 6.41. The molecule has 2 aromatic carbocycles. The highest BCUT2D eigenvalue weighted by Crippen LogP contribution is 2.23. The van der Waals surface area contributed by atoms with Crippen molar-refractivity contribution < 1.29 is 9.21 Å². The van der Waals surface area contributed by atoms with Crippen LogP contribution < -0.4 is 4.90 Å². The number of aromatic nitrogens is 1. The van der Waals surface area contributed by atoms with Crippen molar-refractivity contribution in [2.75, 3.05) is 11.4 Å². The molecule has 0 radical (unpaired) electrons. The molecule has 0 aliphatic heterocycles. The molecule has 1 heterocycles. The topological polar surface area (TPSA) is 46.3 Å². The zero-order valence-corrected chi connectivity index (χ0v) is 15.5. The van der Waals surface area contributed by atoms with Gasteiger partial charge in [-0.3, -0.25) is 4.79 Å². The Morgan fingerprint density at radius 1 is 1.12 bits per heavy atom. The summed E-state index contributed by atoms with van der Waals surface area (Å²) in [7, 11) is 0. The molecule has 0 aliphatic carbocycles. The lowest BCUT2D eigenvalue weighted by molar-refractivity contribution is -0.118. The Balaban J connectivity index is 1.68. The summed E-state index contributed by atoms with van der Waals surface area (Å²) in [4.78, 5) is 18.9. The van der Waals surface area contributed by atoms with Crippen LogP contribution in [-0.4, -0.2) is 17.4 Å². The number of amides is 1. The molecule has 1 aromatic heterocycles. The van der Waals surface area contributed by atoms with Crippen molar-refractivity contribution in [3.05, 3.63) is 71.7 Å². The summed E-state index contributed by atoms with van der Waals surface area (Å²) >= 11 is 0. The monoisotopic (exact) mass is 348 g/mol. The first-order valence-corrected chi connectivity index (χ1v) is 8.96. The van der Waals surface area contributed by atoms with Crippen molar-refractivity contribution in [2.24, 2.45) is 0 Å². The van der Waals surface area contributed by atoms with Gasteiger partial charge in [-0.15, -0.1) is 0 Å². The molecule has 134 valence electrons. The summed E-state index contributed by atoms with van der Waals surface area (Å²) in [5.41, 5.74) is 4.23. The standard InChI is InChI=1S/C22H24N2O2/c1-4-24(19-14-16(2)10-11-17(19)3)22(25)13-12-21-23-15-20(26-21)18-8-6-5-7-9-18/h5-11,14-15H,4,12-13H2,1-3H3. The number of oxazole rings is 1. The van der Waals surface area contributed by atoms with E-state index in [0.29, 0.717) is 25.3 Å². The predicted molar refractivity (Wildman–Crippen MR) is 104 cm³/mol. The van der Waals surface area contributed by atoms with Crippen molar-refractivity contribution in [3.8, 4) is 11.3 Å². The van der Waals surface area contributed by atoms with Gasteiger partial charge in [0.15, 0.2) is 11.7 Å². The van der Waals surface area contributed by atoms with Crippen LogP contribution in [0.25, 0.3) is 11.3 Å². The Labute approximate surface area is 154 Å². The number of anilines is 1. The first-order valence-electron chi connectivity index (χ1n) is 8.96. The summed E-state index contributed by atoms with van der Waals surface area (Å²) in [5.74, 6) is 1.41. The van der Waals surface area contributed by atoms with Gasteiger partial charge < -0.3 is 9.32 Å². The van der Waals surface area contributed by atoms with E-state index in [4.69, 9.17) is 4.42 Å². The summed E-state index contributed by atoms with van der Waals surface area (Å²) in [6.07, 6.45) is 2.58. The van der Waals surface area contributed by atoms with E-state index >= 15 is 0 Å². The molecule has 0 fully saturated rings. The minimum Gasteiger partial charge on any atom is -0.441 e. The van der Waals surface area contributed by atoms with Crippen LogP contribution in [-0.2, 0) is 11.2 Å². The fraction of sp³-hybridized carbons (Fsp3) is 0.273. The van der Waals surface area contributed by atoms with Crippen molar-refractivity contribution in [1.29, 1.82) is 0 Å². The van der Waals surface area contributed by atoms with Crippen LogP contribution in [0.3, 0.4) is 0 Å². The average Bonchev–Trinajstić information content (AvgIpc) is 3.13. The first kappa shape index (κ1) is 17.9. The van der Waals surface area contributed by atoms with Gasteiger partial charge in [0.05, 0.1) is 6.20 Å². The number of hydrogen-bond acceptors (Lipinski definition) is 3.